The number of ether oxygens (including phenoxy) is 2. The van der Waals surface area contributed by atoms with Crippen LogP contribution in [0.1, 0.15) is 59.5 Å². The third kappa shape index (κ3) is 7.29. The van der Waals surface area contributed by atoms with Crippen LogP contribution in [0.25, 0.3) is 11.1 Å². The van der Waals surface area contributed by atoms with Gasteiger partial charge >= 0.3 is 0 Å². The molecule has 4 rings (SSSR count). The lowest BCUT2D eigenvalue weighted by Gasteiger charge is -2.14. The molecule has 0 saturated heterocycles. The zero-order valence-electron chi connectivity index (χ0n) is 23.9. The second kappa shape index (κ2) is 12.5. The molecular weight excluding hydrogens is 500 g/mol. The minimum atomic E-state index is -0.192. The maximum atomic E-state index is 12.9. The van der Waals surface area contributed by atoms with Crippen LogP contribution in [-0.2, 0) is 0 Å². The molecule has 0 atom stereocenters. The highest BCUT2D eigenvalue weighted by molar-refractivity contribution is 6.05. The van der Waals surface area contributed by atoms with Crippen molar-refractivity contribution in [2.45, 2.75) is 53.8 Å². The van der Waals surface area contributed by atoms with Crippen molar-refractivity contribution in [3.8, 4) is 22.6 Å². The number of nitrogens with one attached hydrogen (secondary N) is 2. The molecule has 0 aromatic heterocycles. The van der Waals surface area contributed by atoms with Gasteiger partial charge in [0.2, 0.25) is 0 Å². The molecule has 40 heavy (non-hydrogen) atoms. The first kappa shape index (κ1) is 28.4. The number of carbonyl (C=O) groups is 2. The number of aryl methyl sites for hydroxylation is 2. The van der Waals surface area contributed by atoms with Crippen LogP contribution in [0.5, 0.6) is 11.5 Å². The number of rotatable bonds is 9. The summed E-state index contributed by atoms with van der Waals surface area (Å²) in [5.41, 5.74) is 6.48. The smallest absolute Gasteiger partial charge is 0.255 e. The van der Waals surface area contributed by atoms with Crippen LogP contribution in [-0.4, -0.2) is 24.0 Å². The lowest BCUT2D eigenvalue weighted by Crippen LogP contribution is -2.13. The van der Waals surface area contributed by atoms with E-state index in [2.05, 4.69) is 10.6 Å². The molecule has 0 radical (unpaired) electrons. The molecule has 0 aliphatic rings. The number of carbonyl (C=O) groups excluding carboxylic acids is 2. The highest BCUT2D eigenvalue weighted by Gasteiger charge is 2.13. The summed E-state index contributed by atoms with van der Waals surface area (Å²) in [6.45, 7) is 11.7. The van der Waals surface area contributed by atoms with Gasteiger partial charge in [-0.2, -0.15) is 0 Å². The van der Waals surface area contributed by atoms with E-state index in [0.29, 0.717) is 22.6 Å². The molecule has 0 aliphatic heterocycles. The van der Waals surface area contributed by atoms with Crippen LogP contribution in [0, 0.1) is 13.8 Å². The third-order valence-corrected chi connectivity index (χ3v) is 6.22. The van der Waals surface area contributed by atoms with Crippen molar-refractivity contribution < 1.29 is 19.1 Å². The van der Waals surface area contributed by atoms with Crippen LogP contribution < -0.4 is 20.1 Å². The summed E-state index contributed by atoms with van der Waals surface area (Å²) in [5.74, 6) is 0.946. The maximum absolute atomic E-state index is 12.9. The highest BCUT2D eigenvalue weighted by Crippen LogP contribution is 2.29. The maximum Gasteiger partial charge on any atom is 0.255 e. The van der Waals surface area contributed by atoms with Gasteiger partial charge in [-0.15, -0.1) is 0 Å². The Bertz CT molecular complexity index is 1410. The number of amides is 2. The SMILES string of the molecule is Cc1cc(-c2ccc(NC(=O)c3cccc(OC(C)C)c3)c(C)c2)ccc1NC(=O)c1cccc(OC(C)C)c1. The molecule has 0 spiro atoms. The van der Waals surface area contributed by atoms with E-state index in [0.717, 1.165) is 33.6 Å². The molecular formula is C34H36N2O4. The predicted molar refractivity (Wildman–Crippen MR) is 162 cm³/mol. The summed E-state index contributed by atoms with van der Waals surface area (Å²) >= 11 is 0. The number of anilines is 2. The first-order valence-electron chi connectivity index (χ1n) is 13.5. The Morgan fingerprint density at radius 3 is 1.32 bits per heavy atom. The molecule has 0 aliphatic carbocycles. The normalized spacial score (nSPS) is 10.9. The fraction of sp³-hybridized carbons (Fsp3) is 0.235. The third-order valence-electron chi connectivity index (χ3n) is 6.22. The molecule has 0 bridgehead atoms. The Morgan fingerprint density at radius 1 is 0.575 bits per heavy atom. The first-order chi connectivity index (χ1) is 19.1. The molecule has 6 nitrogen and oxygen atoms in total. The van der Waals surface area contributed by atoms with Gasteiger partial charge in [-0.05, 0) is 124 Å². The van der Waals surface area contributed by atoms with Crippen molar-refractivity contribution in [2.24, 2.45) is 0 Å². The topological polar surface area (TPSA) is 76.7 Å². The van der Waals surface area contributed by atoms with Crippen LogP contribution in [0.3, 0.4) is 0 Å². The van der Waals surface area contributed by atoms with Gasteiger partial charge in [-0.25, -0.2) is 0 Å². The van der Waals surface area contributed by atoms with E-state index in [-0.39, 0.29) is 24.0 Å². The average molecular weight is 537 g/mol. The van der Waals surface area contributed by atoms with Gasteiger partial charge in [-0.1, -0.05) is 24.3 Å². The molecule has 0 unspecified atom stereocenters. The van der Waals surface area contributed by atoms with Crippen LogP contribution in [0.4, 0.5) is 11.4 Å². The molecule has 2 N–H and O–H groups in total. The Balaban J connectivity index is 1.45. The summed E-state index contributed by atoms with van der Waals surface area (Å²) in [6, 6.07) is 26.2. The van der Waals surface area contributed by atoms with E-state index < -0.39 is 0 Å². The van der Waals surface area contributed by atoms with E-state index in [1.807, 2.05) is 102 Å². The van der Waals surface area contributed by atoms with E-state index >= 15 is 0 Å². The Hall–Kier alpha value is -4.58. The number of hydrogen-bond acceptors (Lipinski definition) is 4. The Kier molecular flexibility index (Phi) is 8.90. The minimum Gasteiger partial charge on any atom is -0.491 e. The van der Waals surface area contributed by atoms with Gasteiger partial charge < -0.3 is 20.1 Å². The van der Waals surface area contributed by atoms with Gasteiger partial charge in [0.05, 0.1) is 12.2 Å². The lowest BCUT2D eigenvalue weighted by atomic mass is 9.99. The van der Waals surface area contributed by atoms with Crippen LogP contribution in [0.15, 0.2) is 84.9 Å². The summed E-state index contributed by atoms with van der Waals surface area (Å²) in [4.78, 5) is 25.8. The molecule has 0 fully saturated rings. The average Bonchev–Trinajstić information content (AvgIpc) is 2.90. The quantitative estimate of drug-likeness (QED) is 0.227. The monoisotopic (exact) mass is 536 g/mol. The van der Waals surface area contributed by atoms with Crippen molar-refractivity contribution in [3.63, 3.8) is 0 Å². The van der Waals surface area contributed by atoms with Crippen molar-refractivity contribution in [3.05, 3.63) is 107 Å². The Labute approximate surface area is 236 Å². The summed E-state index contributed by atoms with van der Waals surface area (Å²) in [6.07, 6.45) is 0.0626. The summed E-state index contributed by atoms with van der Waals surface area (Å²) in [7, 11) is 0. The molecule has 206 valence electrons. The molecule has 6 heteroatoms. The number of benzene rings is 4. The standard InChI is InChI=1S/C34H36N2O4/c1-21(2)39-29-11-7-9-27(19-29)33(37)35-31-15-13-25(17-23(31)5)26-14-16-32(24(6)18-26)36-34(38)28-10-8-12-30(20-28)40-22(3)4/h7-22H,1-6H3,(H,35,37)(H,36,38). The fourth-order valence-corrected chi connectivity index (χ4v) is 4.32. The largest absolute Gasteiger partial charge is 0.491 e. The van der Waals surface area contributed by atoms with Crippen LogP contribution in [0.2, 0.25) is 0 Å². The fourth-order valence-electron chi connectivity index (χ4n) is 4.32. The van der Waals surface area contributed by atoms with Crippen molar-refractivity contribution in [2.75, 3.05) is 10.6 Å². The molecule has 0 saturated carbocycles. The van der Waals surface area contributed by atoms with E-state index in [9.17, 15) is 9.59 Å². The van der Waals surface area contributed by atoms with E-state index in [1.165, 1.54) is 0 Å². The number of hydrogen-bond donors (Lipinski definition) is 2. The lowest BCUT2D eigenvalue weighted by molar-refractivity contribution is 0.101. The zero-order chi connectivity index (χ0) is 28.8. The van der Waals surface area contributed by atoms with Gasteiger partial charge in [-0.3, -0.25) is 9.59 Å². The van der Waals surface area contributed by atoms with Gasteiger partial charge in [0.25, 0.3) is 11.8 Å². The summed E-state index contributed by atoms with van der Waals surface area (Å²) in [5, 5.41) is 6.01. The van der Waals surface area contributed by atoms with Crippen molar-refractivity contribution in [1.82, 2.24) is 0 Å². The van der Waals surface area contributed by atoms with E-state index in [1.54, 1.807) is 24.3 Å². The molecule has 4 aromatic rings. The predicted octanol–water partition coefficient (Wildman–Crippen LogP) is 8.05. The molecule has 2 amide bonds. The zero-order valence-corrected chi connectivity index (χ0v) is 23.9. The van der Waals surface area contributed by atoms with Crippen molar-refractivity contribution >= 4 is 23.2 Å². The van der Waals surface area contributed by atoms with E-state index in [4.69, 9.17) is 9.47 Å². The first-order valence-corrected chi connectivity index (χ1v) is 13.5. The van der Waals surface area contributed by atoms with Gasteiger partial charge in [0.1, 0.15) is 11.5 Å². The second-order valence-electron chi connectivity index (χ2n) is 10.4. The minimum absolute atomic E-state index is 0.0313. The molecule has 0 heterocycles. The van der Waals surface area contributed by atoms with Crippen molar-refractivity contribution in [1.29, 1.82) is 0 Å². The molecule has 4 aromatic carbocycles. The van der Waals surface area contributed by atoms with Gasteiger partial charge in [0, 0.05) is 22.5 Å². The second-order valence-corrected chi connectivity index (χ2v) is 10.4. The summed E-state index contributed by atoms with van der Waals surface area (Å²) < 4.78 is 11.4. The van der Waals surface area contributed by atoms with Crippen LogP contribution >= 0.6 is 0 Å². The highest BCUT2D eigenvalue weighted by atomic mass is 16.5. The Morgan fingerprint density at radius 2 is 0.975 bits per heavy atom. The van der Waals surface area contributed by atoms with Gasteiger partial charge in [0.15, 0.2) is 0 Å².